The Morgan fingerprint density at radius 2 is 2.21 bits per heavy atom. The second-order valence-corrected chi connectivity index (χ2v) is 5.97. The maximum atomic E-state index is 10.7. The van der Waals surface area contributed by atoms with E-state index < -0.39 is 0 Å². The van der Waals surface area contributed by atoms with Crippen LogP contribution in [-0.2, 0) is 0 Å². The highest BCUT2D eigenvalue weighted by atomic mass is 127. The summed E-state index contributed by atoms with van der Waals surface area (Å²) in [6.07, 6.45) is 0. The van der Waals surface area contributed by atoms with Crippen LogP contribution < -0.4 is 0 Å². The second kappa shape index (κ2) is 3.63. The fourth-order valence-corrected chi connectivity index (χ4v) is 3.27. The molecule has 0 bridgehead atoms. The zero-order valence-electron chi connectivity index (χ0n) is 6.66. The fourth-order valence-electron chi connectivity index (χ4n) is 1.21. The molecule has 3 nitrogen and oxygen atoms in total. The number of hydrogen-bond acceptors (Lipinski definition) is 3. The summed E-state index contributed by atoms with van der Waals surface area (Å²) in [6, 6.07) is 4.78. The number of halogens is 2. The van der Waals surface area contributed by atoms with Gasteiger partial charge >= 0.3 is 0 Å². The Hall–Kier alpha value is -0.400. The molecule has 0 saturated heterocycles. The Kier molecular flexibility index (Phi) is 2.63. The van der Waals surface area contributed by atoms with Gasteiger partial charge in [-0.2, -0.15) is 0 Å². The highest BCUT2D eigenvalue weighted by Crippen LogP contribution is 2.37. The number of hydrogen-bond donors (Lipinski definition) is 0. The molecular weight excluding hydrogens is 337 g/mol. The smallest absolute Gasteiger partial charge is 0.258 e. The van der Waals surface area contributed by atoms with Gasteiger partial charge in [-0.25, -0.2) is 0 Å². The predicted molar refractivity (Wildman–Crippen MR) is 66.2 cm³/mol. The minimum atomic E-state index is -0.387. The topological polar surface area (TPSA) is 43.1 Å². The lowest BCUT2D eigenvalue weighted by Gasteiger charge is -1.94. The number of fused-ring (bicyclic) bond motifs is 1. The van der Waals surface area contributed by atoms with Gasteiger partial charge < -0.3 is 0 Å². The molecule has 0 aliphatic rings. The molecule has 0 fully saturated rings. The molecule has 72 valence electrons. The highest BCUT2D eigenvalue weighted by molar-refractivity contribution is 14.1. The first-order valence-electron chi connectivity index (χ1n) is 3.61. The zero-order valence-corrected chi connectivity index (χ0v) is 10.4. The van der Waals surface area contributed by atoms with E-state index in [0.29, 0.717) is 10.4 Å². The van der Waals surface area contributed by atoms with Crippen LogP contribution in [0.15, 0.2) is 18.2 Å². The fraction of sp³-hybridized carbons (Fsp3) is 0. The van der Waals surface area contributed by atoms with Gasteiger partial charge in [-0.15, -0.1) is 11.3 Å². The molecule has 0 unspecified atom stereocenters. The number of nitrogens with zero attached hydrogens (tertiary/aromatic N) is 1. The molecule has 1 aromatic carbocycles. The summed E-state index contributed by atoms with van der Waals surface area (Å²) >= 11 is 9.52. The summed E-state index contributed by atoms with van der Waals surface area (Å²) in [6.45, 7) is 0. The number of thiophene rings is 1. The van der Waals surface area contributed by atoms with Crippen LogP contribution in [0.1, 0.15) is 0 Å². The van der Waals surface area contributed by atoms with Gasteiger partial charge in [-0.05, 0) is 34.7 Å². The third kappa shape index (κ3) is 1.59. The number of nitro benzene ring substituents is 1. The lowest BCUT2D eigenvalue weighted by molar-refractivity contribution is -0.383. The van der Waals surface area contributed by atoms with E-state index in [4.69, 9.17) is 11.6 Å². The summed E-state index contributed by atoms with van der Waals surface area (Å²) in [7, 11) is 0. The van der Waals surface area contributed by atoms with Gasteiger partial charge in [0.15, 0.2) is 0 Å². The largest absolute Gasteiger partial charge is 0.278 e. The van der Waals surface area contributed by atoms with Crippen molar-refractivity contribution in [2.24, 2.45) is 0 Å². The van der Waals surface area contributed by atoms with Crippen LogP contribution in [0.2, 0.25) is 5.02 Å². The molecule has 1 aromatic heterocycles. The number of nitro groups is 1. The average Bonchev–Trinajstić information content (AvgIpc) is 2.47. The van der Waals surface area contributed by atoms with Crippen molar-refractivity contribution in [1.29, 1.82) is 0 Å². The first kappa shape index (κ1) is 10.1. The maximum absolute atomic E-state index is 10.7. The molecule has 2 aromatic rings. The molecule has 0 atom stereocenters. The third-order valence-corrected chi connectivity index (χ3v) is 4.13. The van der Waals surface area contributed by atoms with Crippen LogP contribution in [0.3, 0.4) is 0 Å². The molecule has 14 heavy (non-hydrogen) atoms. The summed E-state index contributed by atoms with van der Waals surface area (Å²) < 4.78 is 1.78. The second-order valence-electron chi connectivity index (χ2n) is 2.62. The summed E-state index contributed by atoms with van der Waals surface area (Å²) in [5.74, 6) is 0. The van der Waals surface area contributed by atoms with Crippen molar-refractivity contribution in [2.75, 3.05) is 0 Å². The van der Waals surface area contributed by atoms with Crippen molar-refractivity contribution in [2.45, 2.75) is 0 Å². The Morgan fingerprint density at radius 3 is 2.86 bits per heavy atom. The quantitative estimate of drug-likeness (QED) is 0.446. The van der Waals surface area contributed by atoms with Crippen LogP contribution in [0.5, 0.6) is 0 Å². The number of benzene rings is 1. The number of rotatable bonds is 1. The van der Waals surface area contributed by atoms with Crippen molar-refractivity contribution in [3.8, 4) is 0 Å². The van der Waals surface area contributed by atoms with Gasteiger partial charge in [0.2, 0.25) is 0 Å². The molecule has 0 aliphatic carbocycles. The molecule has 0 amide bonds. The molecule has 2 rings (SSSR count). The number of non-ortho nitro benzene ring substituents is 1. The van der Waals surface area contributed by atoms with Crippen molar-refractivity contribution < 1.29 is 4.92 Å². The zero-order chi connectivity index (χ0) is 10.3. The summed E-state index contributed by atoms with van der Waals surface area (Å²) in [5, 5.41) is 11.9. The highest BCUT2D eigenvalue weighted by Gasteiger charge is 2.15. The van der Waals surface area contributed by atoms with E-state index in [0.717, 1.165) is 7.58 Å². The monoisotopic (exact) mass is 339 g/mol. The Balaban J connectivity index is 2.87. The van der Waals surface area contributed by atoms with Gasteiger partial charge in [-0.3, -0.25) is 10.1 Å². The van der Waals surface area contributed by atoms with Crippen LogP contribution in [0.25, 0.3) is 10.1 Å². The van der Waals surface area contributed by atoms with Crippen molar-refractivity contribution in [1.82, 2.24) is 0 Å². The standard InChI is InChI=1S/C8H3ClINO2S/c9-5-1-2-6(11(12)13)4-3-7(10)14-8(4)5/h1-3H. The minimum Gasteiger partial charge on any atom is -0.258 e. The Morgan fingerprint density at radius 1 is 1.50 bits per heavy atom. The third-order valence-electron chi connectivity index (χ3n) is 1.78. The normalized spacial score (nSPS) is 10.7. The van der Waals surface area contributed by atoms with Gasteiger partial charge in [0, 0.05) is 6.07 Å². The molecule has 0 saturated carbocycles. The predicted octanol–water partition coefficient (Wildman–Crippen LogP) is 4.07. The lowest BCUT2D eigenvalue weighted by atomic mass is 10.2. The van der Waals surface area contributed by atoms with E-state index in [-0.39, 0.29) is 10.6 Å². The van der Waals surface area contributed by atoms with Crippen molar-refractivity contribution in [3.05, 3.63) is 36.2 Å². The van der Waals surface area contributed by atoms with Crippen LogP contribution in [0, 0.1) is 13.0 Å². The summed E-state index contributed by atoms with van der Waals surface area (Å²) in [4.78, 5) is 10.3. The van der Waals surface area contributed by atoms with E-state index in [1.807, 2.05) is 0 Å². The maximum Gasteiger partial charge on any atom is 0.278 e. The van der Waals surface area contributed by atoms with E-state index in [9.17, 15) is 10.1 Å². The molecule has 1 heterocycles. The van der Waals surface area contributed by atoms with E-state index in [2.05, 4.69) is 22.6 Å². The first-order chi connectivity index (χ1) is 6.59. The average molecular weight is 340 g/mol. The summed E-state index contributed by atoms with van der Waals surface area (Å²) in [5.41, 5.74) is 0.114. The van der Waals surface area contributed by atoms with Crippen LogP contribution in [0.4, 0.5) is 5.69 Å². The minimum absolute atomic E-state index is 0.114. The first-order valence-corrected chi connectivity index (χ1v) is 5.89. The molecule has 0 spiro atoms. The molecular formula is C8H3ClINO2S. The molecule has 0 N–H and O–H groups in total. The van der Waals surface area contributed by atoms with Crippen LogP contribution >= 0.6 is 45.5 Å². The van der Waals surface area contributed by atoms with Crippen molar-refractivity contribution >= 4 is 61.3 Å². The van der Waals surface area contributed by atoms with E-state index >= 15 is 0 Å². The Labute approximate surface area is 102 Å². The lowest BCUT2D eigenvalue weighted by Crippen LogP contribution is -1.87. The van der Waals surface area contributed by atoms with Crippen LogP contribution in [-0.4, -0.2) is 4.92 Å². The van der Waals surface area contributed by atoms with Gasteiger partial charge in [-0.1, -0.05) is 11.6 Å². The van der Waals surface area contributed by atoms with Gasteiger partial charge in [0.1, 0.15) is 0 Å². The molecule has 0 radical (unpaired) electrons. The van der Waals surface area contributed by atoms with E-state index in [1.54, 1.807) is 12.1 Å². The van der Waals surface area contributed by atoms with Crippen molar-refractivity contribution in [3.63, 3.8) is 0 Å². The van der Waals surface area contributed by atoms with Gasteiger partial charge in [0.05, 0.1) is 22.9 Å². The Bertz CT molecular complexity index is 525. The molecule has 0 aliphatic heterocycles. The SMILES string of the molecule is O=[N+]([O-])c1ccc(Cl)c2sc(I)cc12. The van der Waals surface area contributed by atoms with Gasteiger partial charge in [0.25, 0.3) is 5.69 Å². The molecule has 6 heteroatoms. The van der Waals surface area contributed by atoms with E-state index in [1.165, 1.54) is 17.4 Å².